The summed E-state index contributed by atoms with van der Waals surface area (Å²) in [7, 11) is 0. The highest BCUT2D eigenvalue weighted by molar-refractivity contribution is 5.00. The average Bonchev–Trinajstić information content (AvgIpc) is 2.39. The summed E-state index contributed by atoms with van der Waals surface area (Å²) in [5.41, 5.74) is 0. The highest BCUT2D eigenvalue weighted by Crippen LogP contribution is 2.21. The van der Waals surface area contributed by atoms with Gasteiger partial charge in [0.25, 0.3) is 0 Å². The van der Waals surface area contributed by atoms with Crippen molar-refractivity contribution in [3.05, 3.63) is 0 Å². The number of piperidine rings is 1. The number of hydrogen-bond donors (Lipinski definition) is 1. The molecule has 1 aliphatic rings. The maximum Gasteiger partial charge on any atom is 0.0688 e. The summed E-state index contributed by atoms with van der Waals surface area (Å²) in [6, 6.07) is 0.819. The highest BCUT2D eigenvalue weighted by atomic mass is 15.1. The minimum Gasteiger partial charge on any atom is -0.303 e. The number of nitrogens with zero attached hydrogens (tertiary/aromatic N) is 1. The van der Waals surface area contributed by atoms with Gasteiger partial charge in [0.15, 0.2) is 0 Å². The molecule has 0 aromatic heterocycles. The molecule has 1 N–H and O–H groups in total. The van der Waals surface area contributed by atoms with Crippen LogP contribution in [0.5, 0.6) is 0 Å². The van der Waals surface area contributed by atoms with Crippen LogP contribution >= 0.6 is 0 Å². The topological polar surface area (TPSA) is 15.3 Å². The van der Waals surface area contributed by atoms with E-state index in [1.54, 1.807) is 0 Å². The van der Waals surface area contributed by atoms with Crippen LogP contribution in [-0.4, -0.2) is 36.6 Å². The molecule has 0 amide bonds. The number of likely N-dealkylation sites (tertiary alicyclic amines) is 1. The van der Waals surface area contributed by atoms with Gasteiger partial charge in [-0.25, -0.2) is 0 Å². The largest absolute Gasteiger partial charge is 0.303 e. The molecule has 0 radical (unpaired) electrons. The highest BCUT2D eigenvalue weighted by Gasteiger charge is 2.24. The van der Waals surface area contributed by atoms with Crippen molar-refractivity contribution in [2.24, 2.45) is 5.92 Å². The minimum atomic E-state index is 0.263. The van der Waals surface area contributed by atoms with Crippen molar-refractivity contribution in [1.29, 1.82) is 0 Å². The van der Waals surface area contributed by atoms with Crippen LogP contribution in [0.15, 0.2) is 0 Å². The lowest BCUT2D eigenvalue weighted by Crippen LogP contribution is -2.45. The minimum absolute atomic E-state index is 0.263. The summed E-state index contributed by atoms with van der Waals surface area (Å²) in [5, 5.41) is 3.63. The molecule has 0 bridgehead atoms. The van der Waals surface area contributed by atoms with E-state index in [0.717, 1.165) is 18.8 Å². The Morgan fingerprint density at radius 3 is 2.44 bits per heavy atom. The monoisotopic (exact) mass is 250 g/mol. The fourth-order valence-corrected chi connectivity index (χ4v) is 2.95. The second-order valence-corrected chi connectivity index (χ2v) is 5.64. The lowest BCUT2D eigenvalue weighted by molar-refractivity contribution is 0.160. The zero-order chi connectivity index (χ0) is 13.4. The quantitative estimate of drug-likeness (QED) is 0.699. The molecule has 0 aromatic carbocycles. The van der Waals surface area contributed by atoms with E-state index in [-0.39, 0.29) is 6.04 Å². The molecular weight excluding hydrogens is 220 g/mol. The molecule has 1 heterocycles. The Balaban J connectivity index is 2.31. The number of nitrogens with one attached hydrogen (secondary N) is 1. The third-order valence-electron chi connectivity index (χ3n) is 4.12. The van der Waals surface area contributed by atoms with Gasteiger partial charge in [-0.3, -0.25) is 0 Å². The van der Waals surface area contributed by atoms with Crippen LogP contribution in [-0.2, 0) is 0 Å². The van der Waals surface area contributed by atoms with Gasteiger partial charge >= 0.3 is 0 Å². The Kier molecular flexibility index (Phi) is 7.39. The first-order valence-electron chi connectivity index (χ1n) is 7.65. The summed E-state index contributed by atoms with van der Waals surface area (Å²) >= 11 is 0. The summed E-state index contributed by atoms with van der Waals surface area (Å²) in [4.78, 5) is 2.59. The Hall–Kier alpha value is -0.520. The van der Waals surface area contributed by atoms with Crippen molar-refractivity contribution in [1.82, 2.24) is 10.2 Å². The van der Waals surface area contributed by atoms with Crippen molar-refractivity contribution >= 4 is 0 Å². The molecule has 2 unspecified atom stereocenters. The SMILES string of the molecule is C#CC(CCC)NC(C)C1CCN(CCC)CC1. The molecule has 1 rings (SSSR count). The first kappa shape index (κ1) is 15.5. The Labute approximate surface area is 114 Å². The van der Waals surface area contributed by atoms with Crippen molar-refractivity contribution in [3.8, 4) is 12.3 Å². The van der Waals surface area contributed by atoms with Gasteiger partial charge in [0.2, 0.25) is 0 Å². The zero-order valence-electron chi connectivity index (χ0n) is 12.4. The van der Waals surface area contributed by atoms with Gasteiger partial charge in [-0.05, 0) is 58.2 Å². The third-order valence-corrected chi connectivity index (χ3v) is 4.12. The zero-order valence-corrected chi connectivity index (χ0v) is 12.4. The first-order chi connectivity index (χ1) is 8.71. The molecular formula is C16H30N2. The van der Waals surface area contributed by atoms with E-state index in [4.69, 9.17) is 6.42 Å². The van der Waals surface area contributed by atoms with Crippen LogP contribution < -0.4 is 5.32 Å². The molecule has 0 spiro atoms. The predicted molar refractivity (Wildman–Crippen MR) is 79.6 cm³/mol. The molecule has 0 aliphatic carbocycles. The van der Waals surface area contributed by atoms with Crippen molar-refractivity contribution < 1.29 is 0 Å². The van der Waals surface area contributed by atoms with Crippen LogP contribution in [0.2, 0.25) is 0 Å². The van der Waals surface area contributed by atoms with E-state index in [2.05, 4.69) is 36.9 Å². The van der Waals surface area contributed by atoms with Crippen LogP contribution in [0.25, 0.3) is 0 Å². The van der Waals surface area contributed by atoms with E-state index in [1.165, 1.54) is 38.9 Å². The van der Waals surface area contributed by atoms with Crippen molar-refractivity contribution in [2.45, 2.75) is 65.0 Å². The fraction of sp³-hybridized carbons (Fsp3) is 0.875. The molecule has 2 nitrogen and oxygen atoms in total. The lowest BCUT2D eigenvalue weighted by atomic mass is 9.89. The van der Waals surface area contributed by atoms with Gasteiger partial charge in [-0.15, -0.1) is 6.42 Å². The van der Waals surface area contributed by atoms with Gasteiger partial charge in [-0.1, -0.05) is 26.2 Å². The van der Waals surface area contributed by atoms with Crippen LogP contribution in [0.3, 0.4) is 0 Å². The normalized spacial score (nSPS) is 21.4. The summed E-state index contributed by atoms with van der Waals surface area (Å²) in [6.45, 7) is 10.5. The Morgan fingerprint density at radius 2 is 1.94 bits per heavy atom. The second kappa shape index (κ2) is 8.56. The number of hydrogen-bond acceptors (Lipinski definition) is 2. The molecule has 0 saturated carbocycles. The maximum absolute atomic E-state index is 5.58. The average molecular weight is 250 g/mol. The van der Waals surface area contributed by atoms with Gasteiger partial charge < -0.3 is 10.2 Å². The Bertz CT molecular complexity index is 248. The number of terminal acetylenes is 1. The molecule has 104 valence electrons. The van der Waals surface area contributed by atoms with E-state index < -0.39 is 0 Å². The molecule has 0 aromatic rings. The second-order valence-electron chi connectivity index (χ2n) is 5.64. The fourth-order valence-electron chi connectivity index (χ4n) is 2.95. The third kappa shape index (κ3) is 5.00. The molecule has 2 heteroatoms. The predicted octanol–water partition coefficient (Wildman–Crippen LogP) is 2.89. The van der Waals surface area contributed by atoms with Gasteiger partial charge in [0.1, 0.15) is 0 Å². The van der Waals surface area contributed by atoms with Crippen LogP contribution in [0.4, 0.5) is 0 Å². The van der Waals surface area contributed by atoms with E-state index >= 15 is 0 Å². The first-order valence-corrected chi connectivity index (χ1v) is 7.65. The van der Waals surface area contributed by atoms with Crippen molar-refractivity contribution in [3.63, 3.8) is 0 Å². The maximum atomic E-state index is 5.58. The smallest absolute Gasteiger partial charge is 0.0688 e. The van der Waals surface area contributed by atoms with Crippen LogP contribution in [0.1, 0.15) is 52.9 Å². The summed E-state index contributed by atoms with van der Waals surface area (Å²) in [6.07, 6.45) is 11.7. The van der Waals surface area contributed by atoms with Gasteiger partial charge in [-0.2, -0.15) is 0 Å². The van der Waals surface area contributed by atoms with E-state index in [0.29, 0.717) is 6.04 Å². The van der Waals surface area contributed by atoms with Gasteiger partial charge in [0, 0.05) is 6.04 Å². The van der Waals surface area contributed by atoms with E-state index in [1.807, 2.05) is 0 Å². The molecule has 18 heavy (non-hydrogen) atoms. The molecule has 1 fully saturated rings. The molecule has 1 saturated heterocycles. The Morgan fingerprint density at radius 1 is 1.28 bits per heavy atom. The standard InChI is InChI=1S/C16H30N2/c1-5-8-16(7-3)17-14(4)15-9-12-18(11-6-2)13-10-15/h3,14-17H,5-6,8-13H2,1-2,4H3. The summed E-state index contributed by atoms with van der Waals surface area (Å²) < 4.78 is 0. The molecule has 1 aliphatic heterocycles. The van der Waals surface area contributed by atoms with Gasteiger partial charge in [0.05, 0.1) is 6.04 Å². The van der Waals surface area contributed by atoms with E-state index in [9.17, 15) is 0 Å². The summed E-state index contributed by atoms with van der Waals surface area (Å²) in [5.74, 6) is 3.68. The number of rotatable bonds is 7. The van der Waals surface area contributed by atoms with Crippen molar-refractivity contribution in [2.75, 3.05) is 19.6 Å². The lowest BCUT2D eigenvalue weighted by Gasteiger charge is -2.35. The van der Waals surface area contributed by atoms with Crippen LogP contribution in [0, 0.1) is 18.3 Å². The molecule has 2 atom stereocenters.